The van der Waals surface area contributed by atoms with Crippen LogP contribution in [0.5, 0.6) is 0 Å². The zero-order chi connectivity index (χ0) is 50.9. The monoisotopic (exact) mass is 1030 g/mol. The molecular weight excluding hydrogens is 960 g/mol. The summed E-state index contributed by atoms with van der Waals surface area (Å²) in [6.07, 6.45) is -42.7. The maximum absolute atomic E-state index is 12.5. The Morgan fingerprint density at radius 3 is 1.39 bits per heavy atom. The van der Waals surface area contributed by atoms with Crippen LogP contribution < -0.4 is 10.6 Å². The lowest BCUT2D eigenvalue weighted by molar-refractivity contribution is -0.387. The molecule has 5 aliphatic rings. The van der Waals surface area contributed by atoms with Crippen molar-refractivity contribution in [3.63, 3.8) is 0 Å². The number of thiol groups is 1. The van der Waals surface area contributed by atoms with Crippen molar-refractivity contribution in [3.8, 4) is 0 Å². The first-order valence-corrected chi connectivity index (χ1v) is 23.0. The molecule has 0 bridgehead atoms. The molecule has 0 saturated carbocycles. The summed E-state index contributed by atoms with van der Waals surface area (Å²) in [6, 6.07) is -1.74. The quantitative estimate of drug-likeness (QED) is 0.0354. The van der Waals surface area contributed by atoms with Crippen LogP contribution >= 0.6 is 12.6 Å². The van der Waals surface area contributed by atoms with Gasteiger partial charge in [-0.1, -0.05) is 0 Å². The second kappa shape index (κ2) is 27.0. The van der Waals surface area contributed by atoms with Gasteiger partial charge >= 0.3 is 0 Å². The third kappa shape index (κ3) is 13.9. The molecule has 5 saturated heterocycles. The van der Waals surface area contributed by atoms with Gasteiger partial charge in [0, 0.05) is 19.9 Å². The first-order chi connectivity index (χ1) is 32.8. The molecule has 29 nitrogen and oxygen atoms in total. The van der Waals surface area contributed by atoms with Gasteiger partial charge in [-0.15, -0.1) is 0 Å². The Morgan fingerprint density at radius 1 is 0.478 bits per heavy atom. The fourth-order valence-electron chi connectivity index (χ4n) is 8.38. The second-order valence-electron chi connectivity index (χ2n) is 17.1. The summed E-state index contributed by atoms with van der Waals surface area (Å²) in [5, 5.41) is 165. The molecular formula is C39H68N2O27S. The van der Waals surface area contributed by atoms with E-state index in [0.29, 0.717) is 12.2 Å². The summed E-state index contributed by atoms with van der Waals surface area (Å²) < 4.78 is 56.8. The van der Waals surface area contributed by atoms with Gasteiger partial charge in [-0.25, -0.2) is 0 Å². The minimum absolute atomic E-state index is 0.0551. The normalized spacial score (nSPS) is 45.2. The molecule has 0 aromatic heterocycles. The molecule has 25 atom stereocenters. The van der Waals surface area contributed by atoms with Crippen LogP contribution in [0.4, 0.5) is 0 Å². The van der Waals surface area contributed by atoms with E-state index in [-0.39, 0.29) is 31.9 Å². The first kappa shape index (κ1) is 58.2. The van der Waals surface area contributed by atoms with E-state index in [0.717, 1.165) is 6.92 Å². The van der Waals surface area contributed by atoms with E-state index in [2.05, 4.69) is 23.3 Å². The number of carbonyl (C=O) groups excluding carboxylic acids is 2. The van der Waals surface area contributed by atoms with Gasteiger partial charge in [-0.3, -0.25) is 9.59 Å². The Balaban J connectivity index is 1.28. The van der Waals surface area contributed by atoms with Crippen LogP contribution in [0.3, 0.4) is 0 Å². The van der Waals surface area contributed by atoms with Crippen LogP contribution in [0.2, 0.25) is 0 Å². The molecule has 0 aromatic rings. The maximum Gasteiger partial charge on any atom is 0.220 e. The predicted octanol–water partition coefficient (Wildman–Crippen LogP) is -10.5. The molecule has 2 amide bonds. The topological polar surface area (TPSA) is 454 Å². The first-order valence-electron chi connectivity index (χ1n) is 22.4. The highest BCUT2D eigenvalue weighted by Gasteiger charge is 2.57. The lowest BCUT2D eigenvalue weighted by Gasteiger charge is -2.50. The van der Waals surface area contributed by atoms with Gasteiger partial charge in [0.1, 0.15) is 122 Å². The zero-order valence-electron chi connectivity index (χ0n) is 37.3. The molecule has 0 spiro atoms. The van der Waals surface area contributed by atoms with Crippen molar-refractivity contribution in [2.75, 3.05) is 51.9 Å². The lowest BCUT2D eigenvalue weighted by Crippen LogP contribution is -2.70. The van der Waals surface area contributed by atoms with Crippen molar-refractivity contribution >= 4 is 24.4 Å². The van der Waals surface area contributed by atoms with Crippen LogP contribution in [0.25, 0.3) is 0 Å². The van der Waals surface area contributed by atoms with Crippen molar-refractivity contribution in [2.24, 2.45) is 0 Å². The van der Waals surface area contributed by atoms with E-state index in [9.17, 15) is 86.2 Å². The Hall–Kier alpha value is -1.71. The average Bonchev–Trinajstić information content (AvgIpc) is 3.33. The smallest absolute Gasteiger partial charge is 0.220 e. The number of amides is 2. The molecule has 5 fully saturated rings. The van der Waals surface area contributed by atoms with E-state index in [1.165, 1.54) is 0 Å². The molecule has 0 aliphatic carbocycles. The number of aliphatic hydroxyl groups is 15. The number of hydrogen-bond acceptors (Lipinski definition) is 28. The summed E-state index contributed by atoms with van der Waals surface area (Å²) >= 11 is 4.06. The van der Waals surface area contributed by atoms with Gasteiger partial charge in [0.05, 0.1) is 39.6 Å². The number of ether oxygens (including phenoxy) is 10. The van der Waals surface area contributed by atoms with Crippen molar-refractivity contribution in [2.45, 2.75) is 180 Å². The third-order valence-corrected chi connectivity index (χ3v) is 12.5. The van der Waals surface area contributed by atoms with Gasteiger partial charge in [0.15, 0.2) is 31.5 Å². The number of aliphatic hydroxyl groups excluding tert-OH is 15. The fourth-order valence-corrected chi connectivity index (χ4v) is 8.54. The Kier molecular flexibility index (Phi) is 22.8. The predicted molar refractivity (Wildman–Crippen MR) is 223 cm³/mol. The highest BCUT2D eigenvalue weighted by molar-refractivity contribution is 7.80. The molecule has 5 rings (SSSR count). The summed E-state index contributed by atoms with van der Waals surface area (Å²) in [5.41, 5.74) is 0. The van der Waals surface area contributed by atoms with Crippen molar-refractivity contribution in [3.05, 3.63) is 0 Å². The van der Waals surface area contributed by atoms with Gasteiger partial charge in [0.25, 0.3) is 0 Å². The molecule has 69 heavy (non-hydrogen) atoms. The average molecular weight is 1030 g/mol. The van der Waals surface area contributed by atoms with Gasteiger partial charge in [0.2, 0.25) is 11.8 Å². The summed E-state index contributed by atoms with van der Waals surface area (Å²) in [4.78, 5) is 24.4. The maximum atomic E-state index is 12.5. The number of nitrogens with one attached hydrogen (secondary N) is 2. The standard InChI is InChI=1S/C39H68N2O27S/c1-13(47)41-20-24(52)31(65-38-30(58)34(23(51)16(10-44)61-38)68-37-27(55)25(53)21(49)14(8-42)60-37)17(11-45)63-35(20)67-33-22(50)15(9-43)62-39(29(33)57)66-32-18(12-46)64-36(28(56)26(32)54)59-6-3-5-40-19(48)4-2-7-69/h14-18,20-39,42-46,49-58,69H,2-12H2,1H3,(H,40,48)(H,41,47)/t14-,15?,16-,17?,18-,20-,21-,22-,23-,24+,25?,26?,27?,28?,29-,30?,31+,32+,33-,34?,35?,36+,37+,38-,39?/m0/s1. The zero-order valence-corrected chi connectivity index (χ0v) is 38.2. The van der Waals surface area contributed by atoms with Gasteiger partial charge in [-0.05, 0) is 18.6 Å². The SMILES string of the molecule is CC(=O)N[C@@H]1C(O[C@@H]2[C@H](O)C(O[C@H]3C(O)C(O)[C@H](OCCCNC(=O)CCCS)O[C@H]3CO)OC(CO)[C@@H]2O)OC(CO)[C@@H](O[C@@H]2O[C@@H](CO)[C@H](O)C(O[C@H]3O[C@@H](CO)[C@H](O)C(O)C3O)C2O)[C@@H]1O. The minimum Gasteiger partial charge on any atom is -0.394 e. The van der Waals surface area contributed by atoms with E-state index >= 15 is 0 Å². The van der Waals surface area contributed by atoms with E-state index in [4.69, 9.17) is 47.4 Å². The minimum atomic E-state index is -2.11. The Morgan fingerprint density at radius 2 is 0.899 bits per heavy atom. The fraction of sp³-hybridized carbons (Fsp3) is 0.949. The van der Waals surface area contributed by atoms with Crippen LogP contribution in [-0.4, -0.2) is 294 Å². The molecule has 402 valence electrons. The molecule has 30 heteroatoms. The van der Waals surface area contributed by atoms with Gasteiger partial charge < -0.3 is 135 Å². The molecule has 10 unspecified atom stereocenters. The van der Waals surface area contributed by atoms with E-state index in [1.807, 2.05) is 0 Å². The molecule has 17 N–H and O–H groups in total. The van der Waals surface area contributed by atoms with Gasteiger partial charge in [-0.2, -0.15) is 12.6 Å². The summed E-state index contributed by atoms with van der Waals surface area (Å²) in [5.74, 6) is -0.470. The van der Waals surface area contributed by atoms with Crippen molar-refractivity contribution in [1.29, 1.82) is 0 Å². The summed E-state index contributed by atoms with van der Waals surface area (Å²) in [6.45, 7) is -3.39. The number of rotatable bonds is 22. The van der Waals surface area contributed by atoms with E-state index < -0.39 is 192 Å². The highest BCUT2D eigenvalue weighted by Crippen LogP contribution is 2.36. The molecule has 0 radical (unpaired) electrons. The molecule has 5 aliphatic heterocycles. The largest absolute Gasteiger partial charge is 0.394 e. The Bertz CT molecular complexity index is 1560. The Labute approximate surface area is 399 Å². The number of carbonyl (C=O) groups is 2. The molecule has 5 heterocycles. The van der Waals surface area contributed by atoms with Crippen LogP contribution in [0.15, 0.2) is 0 Å². The van der Waals surface area contributed by atoms with Crippen LogP contribution in [-0.2, 0) is 57.0 Å². The lowest BCUT2D eigenvalue weighted by atomic mass is 9.94. The third-order valence-electron chi connectivity index (χ3n) is 12.2. The highest BCUT2D eigenvalue weighted by atomic mass is 32.1. The number of hydrogen-bond donors (Lipinski definition) is 18. The van der Waals surface area contributed by atoms with Crippen LogP contribution in [0, 0.1) is 0 Å². The van der Waals surface area contributed by atoms with Crippen LogP contribution in [0.1, 0.15) is 26.2 Å². The second-order valence-corrected chi connectivity index (χ2v) is 17.5. The van der Waals surface area contributed by atoms with E-state index in [1.54, 1.807) is 0 Å². The molecule has 0 aromatic carbocycles. The van der Waals surface area contributed by atoms with Crippen molar-refractivity contribution in [1.82, 2.24) is 10.6 Å². The summed E-state index contributed by atoms with van der Waals surface area (Å²) in [7, 11) is 0. The van der Waals surface area contributed by atoms with Crippen molar-refractivity contribution < 1.29 is 134 Å².